The van der Waals surface area contributed by atoms with Crippen LogP contribution in [0.1, 0.15) is 81.7 Å². The molecule has 0 bridgehead atoms. The first-order valence-corrected chi connectivity index (χ1v) is 12.2. The third-order valence-corrected chi connectivity index (χ3v) is 9.61. The van der Waals surface area contributed by atoms with E-state index in [4.69, 9.17) is 0 Å². The molecule has 0 saturated heterocycles. The van der Waals surface area contributed by atoms with Gasteiger partial charge in [-0.1, -0.05) is 72.3 Å². The minimum atomic E-state index is 1.15. The van der Waals surface area contributed by atoms with Crippen molar-refractivity contribution in [2.45, 2.75) is 84.5 Å². The minimum Gasteiger partial charge on any atom is -0.0813 e. The lowest BCUT2D eigenvalue weighted by molar-refractivity contribution is 0.557. The molecule has 1 unspecified atom stereocenters. The second-order valence-corrected chi connectivity index (χ2v) is 10.9. The molecule has 0 nitrogen and oxygen atoms in total. The van der Waals surface area contributed by atoms with Gasteiger partial charge in [0.05, 0.1) is 0 Å². The van der Waals surface area contributed by atoms with E-state index < -0.39 is 0 Å². The highest BCUT2D eigenvalue weighted by atomic mass is 32.1. The molecule has 3 heteroatoms. The highest BCUT2D eigenvalue weighted by Gasteiger charge is 1.99. The predicted octanol–water partition coefficient (Wildman–Crippen LogP) is 7.65. The van der Waals surface area contributed by atoms with E-state index in [9.17, 15) is 0 Å². The van der Waals surface area contributed by atoms with Crippen LogP contribution in [-0.4, -0.2) is 0 Å². The van der Waals surface area contributed by atoms with Crippen molar-refractivity contribution >= 4 is 23.3 Å². The van der Waals surface area contributed by atoms with E-state index in [1.807, 2.05) is 0 Å². The van der Waals surface area contributed by atoms with Gasteiger partial charge in [0, 0.05) is 0 Å². The maximum Gasteiger partial charge on any atom is -0.00883 e. The molecule has 0 spiro atoms. The predicted molar refractivity (Wildman–Crippen MR) is 91.3 cm³/mol. The highest BCUT2D eigenvalue weighted by Crippen LogP contribution is 2.41. The third-order valence-electron chi connectivity index (χ3n) is 3.59. The molecule has 1 heterocycles. The van der Waals surface area contributed by atoms with Gasteiger partial charge < -0.3 is 0 Å². The summed E-state index contributed by atoms with van der Waals surface area (Å²) in [6, 6.07) is 0. The lowest BCUT2D eigenvalue weighted by Gasteiger charge is -2.02. The van der Waals surface area contributed by atoms with Crippen LogP contribution >= 0.6 is 23.3 Å². The summed E-state index contributed by atoms with van der Waals surface area (Å²) in [4.78, 5) is 0. The Labute approximate surface area is 118 Å². The van der Waals surface area contributed by atoms with Crippen molar-refractivity contribution in [1.29, 1.82) is 0 Å². The van der Waals surface area contributed by atoms with Gasteiger partial charge in [-0.2, -0.15) is 0 Å². The summed E-state index contributed by atoms with van der Waals surface area (Å²) < 4.78 is 0. The molecule has 104 valence electrons. The maximum absolute atomic E-state index is 2.33. The van der Waals surface area contributed by atoms with Gasteiger partial charge in [-0.05, 0) is 46.1 Å². The standard InChI is InChI=1S/C15H29P3/c1-3-4-5-6-7-8-9-10-11-12-13-15-14(2)16-18-17-15/h18H,3-13H2,1-2H3. The van der Waals surface area contributed by atoms with Crippen molar-refractivity contribution in [3.63, 3.8) is 0 Å². The molecule has 18 heavy (non-hydrogen) atoms. The number of aryl methyl sites for hydroxylation is 2. The molecule has 0 N–H and O–H groups in total. The van der Waals surface area contributed by atoms with E-state index in [2.05, 4.69) is 13.8 Å². The zero-order chi connectivity index (χ0) is 13.1. The van der Waals surface area contributed by atoms with Crippen LogP contribution in [-0.2, 0) is 6.42 Å². The quantitative estimate of drug-likeness (QED) is 0.368. The first-order valence-electron chi connectivity index (χ1n) is 7.71. The molecule has 0 saturated carbocycles. The van der Waals surface area contributed by atoms with Crippen LogP contribution in [0.2, 0.25) is 0 Å². The Bertz CT molecular complexity index is 294. The minimum absolute atomic E-state index is 1.15. The Balaban J connectivity index is 1.83. The first kappa shape index (κ1) is 16.7. The smallest absolute Gasteiger partial charge is 0.00883 e. The number of rotatable bonds is 11. The van der Waals surface area contributed by atoms with Gasteiger partial charge in [-0.15, -0.1) is 0 Å². The van der Waals surface area contributed by atoms with Crippen LogP contribution in [0, 0.1) is 6.92 Å². The molecule has 0 aliphatic heterocycles. The van der Waals surface area contributed by atoms with Gasteiger partial charge in [0.2, 0.25) is 0 Å². The monoisotopic (exact) mass is 302 g/mol. The molecule has 1 atom stereocenters. The summed E-state index contributed by atoms with van der Waals surface area (Å²) in [5.41, 5.74) is 0. The Morgan fingerprint density at radius 1 is 0.778 bits per heavy atom. The third kappa shape index (κ3) is 7.94. The van der Waals surface area contributed by atoms with Gasteiger partial charge in [0.1, 0.15) is 0 Å². The second-order valence-electron chi connectivity index (χ2n) is 5.29. The lowest BCUT2D eigenvalue weighted by Crippen LogP contribution is -1.85. The summed E-state index contributed by atoms with van der Waals surface area (Å²) in [5.74, 6) is 0. The normalized spacial score (nSPS) is 12.3. The SMILES string of the molecule is CCCCCCCCCCCCc1p[pH]pc1C. The molecule has 1 rings (SSSR count). The fourth-order valence-corrected chi connectivity index (χ4v) is 9.27. The van der Waals surface area contributed by atoms with Crippen molar-refractivity contribution < 1.29 is 0 Å². The molecule has 0 aliphatic carbocycles. The fraction of sp³-hybridized carbons (Fsp3) is 0.867. The van der Waals surface area contributed by atoms with Crippen LogP contribution in [0.15, 0.2) is 0 Å². The molecule has 0 aromatic carbocycles. The van der Waals surface area contributed by atoms with Crippen LogP contribution < -0.4 is 0 Å². The average Bonchev–Trinajstić information content (AvgIpc) is 2.77. The molecular formula is C15H29P3. The summed E-state index contributed by atoms with van der Waals surface area (Å²) in [6.07, 6.45) is 15.9. The maximum atomic E-state index is 2.33. The van der Waals surface area contributed by atoms with Gasteiger partial charge in [-0.3, -0.25) is 0 Å². The summed E-state index contributed by atoms with van der Waals surface area (Å²) in [7, 11) is 4.43. The summed E-state index contributed by atoms with van der Waals surface area (Å²) in [5, 5.41) is 3.46. The largest absolute Gasteiger partial charge is 0.0813 e. The van der Waals surface area contributed by atoms with Gasteiger partial charge in [-0.25, -0.2) is 0 Å². The van der Waals surface area contributed by atoms with Gasteiger partial charge >= 0.3 is 0 Å². The topological polar surface area (TPSA) is 0 Å². The van der Waals surface area contributed by atoms with Crippen LogP contribution in [0.4, 0.5) is 0 Å². The zero-order valence-electron chi connectivity index (χ0n) is 12.2. The van der Waals surface area contributed by atoms with Crippen molar-refractivity contribution in [2.24, 2.45) is 0 Å². The molecule has 0 aliphatic rings. The molecule has 0 amide bonds. The van der Waals surface area contributed by atoms with E-state index >= 15 is 0 Å². The van der Waals surface area contributed by atoms with Crippen LogP contribution in [0.5, 0.6) is 0 Å². The number of hydrogen-bond donors (Lipinski definition) is 0. The van der Waals surface area contributed by atoms with Crippen molar-refractivity contribution in [3.8, 4) is 0 Å². The van der Waals surface area contributed by atoms with Crippen LogP contribution in [0.3, 0.4) is 0 Å². The Kier molecular flexibility index (Phi) is 10.6. The van der Waals surface area contributed by atoms with E-state index in [1.54, 1.807) is 26.3 Å². The first-order chi connectivity index (χ1) is 8.84. The van der Waals surface area contributed by atoms with E-state index in [1.165, 1.54) is 70.6 Å². The average molecular weight is 302 g/mol. The Hall–Kier alpha value is 0.640. The molecular weight excluding hydrogens is 273 g/mol. The van der Waals surface area contributed by atoms with E-state index in [0.29, 0.717) is 0 Å². The van der Waals surface area contributed by atoms with Crippen LogP contribution in [0.25, 0.3) is 0 Å². The fourth-order valence-electron chi connectivity index (χ4n) is 2.32. The number of hydrogen-bond acceptors (Lipinski definition) is 0. The zero-order valence-corrected chi connectivity index (χ0v) is 15.0. The van der Waals surface area contributed by atoms with Crippen molar-refractivity contribution in [2.75, 3.05) is 0 Å². The summed E-state index contributed by atoms with van der Waals surface area (Å²) >= 11 is 0. The Morgan fingerprint density at radius 3 is 1.83 bits per heavy atom. The van der Waals surface area contributed by atoms with Gasteiger partial charge in [0.25, 0.3) is 0 Å². The lowest BCUT2D eigenvalue weighted by atomic mass is 10.1. The van der Waals surface area contributed by atoms with E-state index in [0.717, 1.165) is 7.55 Å². The molecule has 1 aromatic rings. The molecule has 0 fully saturated rings. The van der Waals surface area contributed by atoms with Gasteiger partial charge in [0.15, 0.2) is 0 Å². The number of unbranched alkanes of at least 4 members (excludes halogenated alkanes) is 9. The second kappa shape index (κ2) is 11.5. The van der Waals surface area contributed by atoms with E-state index in [-0.39, 0.29) is 0 Å². The highest BCUT2D eigenvalue weighted by molar-refractivity contribution is 8.17. The van der Waals surface area contributed by atoms with Crippen molar-refractivity contribution in [1.82, 2.24) is 0 Å². The molecule has 1 aromatic heterocycles. The molecule has 0 radical (unpaired) electrons. The van der Waals surface area contributed by atoms with Crippen molar-refractivity contribution in [3.05, 3.63) is 10.6 Å². The Morgan fingerprint density at radius 2 is 1.33 bits per heavy atom. The summed E-state index contributed by atoms with van der Waals surface area (Å²) in [6.45, 7) is 4.63.